The molecule has 2 aromatic heterocycles. The van der Waals surface area contributed by atoms with E-state index in [1.165, 1.54) is 4.88 Å². The molecule has 1 aliphatic rings. The second-order valence-corrected chi connectivity index (χ2v) is 10.2. The van der Waals surface area contributed by atoms with Crippen molar-refractivity contribution in [3.8, 4) is 0 Å². The van der Waals surface area contributed by atoms with Gasteiger partial charge in [-0.25, -0.2) is 4.98 Å². The van der Waals surface area contributed by atoms with Gasteiger partial charge in [0.1, 0.15) is 17.2 Å². The summed E-state index contributed by atoms with van der Waals surface area (Å²) in [5, 5.41) is 3.79. The fourth-order valence-corrected chi connectivity index (χ4v) is 6.18. The Morgan fingerprint density at radius 2 is 1.79 bits per heavy atom. The first kappa shape index (κ1) is 23.6. The van der Waals surface area contributed by atoms with Gasteiger partial charge in [0, 0.05) is 10.6 Å². The number of fused-ring (bicyclic) bond motifs is 3. The Labute approximate surface area is 199 Å². The number of rotatable bonds is 7. The van der Waals surface area contributed by atoms with E-state index >= 15 is 0 Å². The van der Waals surface area contributed by atoms with E-state index in [2.05, 4.69) is 36.2 Å². The van der Waals surface area contributed by atoms with Crippen LogP contribution in [0.4, 0.5) is 5.69 Å². The normalized spacial score (nSPS) is 13.5. The van der Waals surface area contributed by atoms with Crippen LogP contribution in [0.2, 0.25) is 0 Å². The molecule has 1 aromatic carbocycles. The maximum Gasteiger partial charge on any atom is 0.263 e. The van der Waals surface area contributed by atoms with Gasteiger partial charge in [0.25, 0.3) is 5.56 Å². The van der Waals surface area contributed by atoms with Crippen LogP contribution >= 0.6 is 11.3 Å². The molecule has 6 nitrogen and oxygen atoms in total. The summed E-state index contributed by atoms with van der Waals surface area (Å²) in [6, 6.07) is 4.12. The lowest BCUT2D eigenvalue weighted by molar-refractivity contribution is -0.116. The lowest BCUT2D eigenvalue weighted by Gasteiger charge is -2.21. The van der Waals surface area contributed by atoms with E-state index < -0.39 is 0 Å². The highest BCUT2D eigenvalue weighted by atomic mass is 32.1. The molecule has 0 spiro atoms. The highest BCUT2D eigenvalue weighted by Gasteiger charge is 2.23. The summed E-state index contributed by atoms with van der Waals surface area (Å²) in [7, 11) is 0. The van der Waals surface area contributed by atoms with E-state index in [0.29, 0.717) is 12.4 Å². The first-order chi connectivity index (χ1) is 15.8. The fourth-order valence-electron chi connectivity index (χ4n) is 4.91. The quantitative estimate of drug-likeness (QED) is 0.546. The van der Waals surface area contributed by atoms with Gasteiger partial charge in [0.05, 0.1) is 11.9 Å². The Morgan fingerprint density at radius 1 is 1.12 bits per heavy atom. The summed E-state index contributed by atoms with van der Waals surface area (Å²) in [6.45, 7) is 12.5. The Kier molecular flexibility index (Phi) is 7.00. The number of benzene rings is 1. The smallest absolute Gasteiger partial charge is 0.263 e. The van der Waals surface area contributed by atoms with Crippen molar-refractivity contribution in [1.82, 2.24) is 14.5 Å². The average molecular weight is 467 g/mol. The number of hydrogen-bond donors (Lipinski definition) is 1. The van der Waals surface area contributed by atoms with Crippen LogP contribution < -0.4 is 10.9 Å². The van der Waals surface area contributed by atoms with Crippen molar-refractivity contribution in [2.45, 2.75) is 73.4 Å². The number of carbonyl (C=O) groups excluding carboxylic acids is 1. The molecular weight excluding hydrogens is 432 g/mol. The van der Waals surface area contributed by atoms with E-state index in [4.69, 9.17) is 4.98 Å². The molecule has 1 amide bonds. The SMILES string of the molecule is CCN(CC)Cc1nc2sc3c(c2c(=O)n1CC(=O)Nc1c(C)cc(C)cc1C)CCCC3. The number of aromatic nitrogens is 2. The van der Waals surface area contributed by atoms with Gasteiger partial charge in [-0.1, -0.05) is 31.5 Å². The minimum Gasteiger partial charge on any atom is -0.324 e. The summed E-state index contributed by atoms with van der Waals surface area (Å²) in [5.74, 6) is 0.473. The molecule has 176 valence electrons. The number of anilines is 1. The predicted octanol–water partition coefficient (Wildman–Crippen LogP) is 4.74. The van der Waals surface area contributed by atoms with Crippen molar-refractivity contribution in [2.24, 2.45) is 0 Å². The molecular formula is C26H34N4O2S. The minimum absolute atomic E-state index is 0.0320. The zero-order valence-electron chi connectivity index (χ0n) is 20.4. The Bertz CT molecular complexity index is 1230. The second-order valence-electron chi connectivity index (χ2n) is 9.09. The summed E-state index contributed by atoms with van der Waals surface area (Å²) in [6.07, 6.45) is 4.22. The molecule has 0 aliphatic heterocycles. The third-order valence-electron chi connectivity index (χ3n) is 6.66. The number of nitrogens with one attached hydrogen (secondary N) is 1. The van der Waals surface area contributed by atoms with E-state index in [0.717, 1.165) is 76.9 Å². The molecule has 0 fully saturated rings. The van der Waals surface area contributed by atoms with Crippen molar-refractivity contribution in [1.29, 1.82) is 0 Å². The van der Waals surface area contributed by atoms with Gasteiger partial charge in [-0.05, 0) is 76.2 Å². The monoisotopic (exact) mass is 466 g/mol. The van der Waals surface area contributed by atoms with Crippen LogP contribution in [0.25, 0.3) is 10.2 Å². The molecule has 0 saturated carbocycles. The van der Waals surface area contributed by atoms with Crippen molar-refractivity contribution in [3.05, 3.63) is 55.4 Å². The zero-order valence-corrected chi connectivity index (χ0v) is 21.2. The van der Waals surface area contributed by atoms with Crippen molar-refractivity contribution >= 4 is 33.1 Å². The van der Waals surface area contributed by atoms with Crippen LogP contribution in [-0.4, -0.2) is 33.4 Å². The minimum atomic E-state index is -0.196. The molecule has 7 heteroatoms. The zero-order chi connectivity index (χ0) is 23.7. The maximum absolute atomic E-state index is 13.7. The number of thiophene rings is 1. The van der Waals surface area contributed by atoms with Gasteiger partial charge in [0.2, 0.25) is 5.91 Å². The lowest BCUT2D eigenvalue weighted by Crippen LogP contribution is -2.34. The molecule has 0 bridgehead atoms. The largest absolute Gasteiger partial charge is 0.324 e. The third-order valence-corrected chi connectivity index (χ3v) is 7.84. The molecule has 2 heterocycles. The summed E-state index contributed by atoms with van der Waals surface area (Å²) < 4.78 is 1.61. The molecule has 0 atom stereocenters. The van der Waals surface area contributed by atoms with Crippen LogP contribution in [0.1, 0.15) is 59.6 Å². The Hall–Kier alpha value is -2.51. The first-order valence-electron chi connectivity index (χ1n) is 12.0. The van der Waals surface area contributed by atoms with Crippen molar-refractivity contribution in [3.63, 3.8) is 0 Å². The van der Waals surface area contributed by atoms with Crippen LogP contribution in [0.3, 0.4) is 0 Å². The molecule has 1 aliphatic carbocycles. The predicted molar refractivity (Wildman–Crippen MR) is 136 cm³/mol. The van der Waals surface area contributed by atoms with E-state index in [9.17, 15) is 9.59 Å². The fraction of sp³-hybridized carbons (Fsp3) is 0.500. The van der Waals surface area contributed by atoms with Gasteiger partial charge in [-0.15, -0.1) is 11.3 Å². The summed E-state index contributed by atoms with van der Waals surface area (Å²) >= 11 is 1.66. The molecule has 0 saturated heterocycles. The Morgan fingerprint density at radius 3 is 2.45 bits per heavy atom. The number of hydrogen-bond acceptors (Lipinski definition) is 5. The highest BCUT2D eigenvalue weighted by Crippen LogP contribution is 2.34. The summed E-state index contributed by atoms with van der Waals surface area (Å²) in [4.78, 5) is 36.2. The summed E-state index contributed by atoms with van der Waals surface area (Å²) in [5.41, 5.74) is 5.12. The molecule has 33 heavy (non-hydrogen) atoms. The van der Waals surface area contributed by atoms with Crippen LogP contribution in [0.15, 0.2) is 16.9 Å². The number of aryl methyl sites for hydroxylation is 5. The van der Waals surface area contributed by atoms with Gasteiger partial charge < -0.3 is 5.32 Å². The molecule has 0 radical (unpaired) electrons. The topological polar surface area (TPSA) is 67.2 Å². The van der Waals surface area contributed by atoms with Crippen LogP contribution in [0, 0.1) is 20.8 Å². The Balaban J connectivity index is 1.75. The van der Waals surface area contributed by atoms with Crippen molar-refractivity contribution in [2.75, 3.05) is 18.4 Å². The second kappa shape index (κ2) is 9.77. The highest BCUT2D eigenvalue weighted by molar-refractivity contribution is 7.18. The number of carbonyl (C=O) groups is 1. The van der Waals surface area contributed by atoms with Gasteiger partial charge >= 0.3 is 0 Å². The van der Waals surface area contributed by atoms with Gasteiger partial charge in [-0.2, -0.15) is 0 Å². The maximum atomic E-state index is 13.7. The van der Waals surface area contributed by atoms with Crippen LogP contribution in [-0.2, 0) is 30.7 Å². The average Bonchev–Trinajstić information content (AvgIpc) is 3.15. The molecule has 3 aromatic rings. The molecule has 0 unspecified atom stereocenters. The van der Waals surface area contributed by atoms with Crippen molar-refractivity contribution < 1.29 is 4.79 Å². The van der Waals surface area contributed by atoms with E-state index in [1.807, 2.05) is 20.8 Å². The van der Waals surface area contributed by atoms with Crippen LogP contribution in [0.5, 0.6) is 0 Å². The standard InChI is InChI=1S/C26H34N4O2S/c1-6-29(7-2)14-21-27-25-23(19-10-8-9-11-20(19)33-25)26(32)30(21)15-22(31)28-24-17(4)12-16(3)13-18(24)5/h12-13H,6-11,14-15H2,1-5H3,(H,28,31). The van der Waals surface area contributed by atoms with E-state index in [-0.39, 0.29) is 18.0 Å². The van der Waals surface area contributed by atoms with E-state index in [1.54, 1.807) is 15.9 Å². The molecule has 1 N–H and O–H groups in total. The van der Waals surface area contributed by atoms with Gasteiger partial charge in [-0.3, -0.25) is 19.1 Å². The third kappa shape index (κ3) is 4.75. The molecule has 4 rings (SSSR count). The number of amides is 1. The lowest BCUT2D eigenvalue weighted by atomic mass is 9.97. The number of nitrogens with zero attached hydrogens (tertiary/aromatic N) is 3. The van der Waals surface area contributed by atoms with Gasteiger partial charge in [0.15, 0.2) is 0 Å². The first-order valence-corrected chi connectivity index (χ1v) is 12.8.